The maximum Gasteiger partial charge on any atom is 0.325 e. The molecule has 50 heavy (non-hydrogen) atoms. The van der Waals surface area contributed by atoms with Gasteiger partial charge in [0.1, 0.15) is 59.6 Å². The summed E-state index contributed by atoms with van der Waals surface area (Å²) in [5.41, 5.74) is -3.20. The van der Waals surface area contributed by atoms with Crippen LogP contribution in [0.4, 0.5) is 0 Å². The van der Waals surface area contributed by atoms with Gasteiger partial charge in [0.05, 0.1) is 29.9 Å². The number of carboxylic acid groups (broad SMARTS) is 1. The second-order valence-corrected chi connectivity index (χ2v) is 12.4. The summed E-state index contributed by atoms with van der Waals surface area (Å²) in [7, 11) is 1.27. The summed E-state index contributed by atoms with van der Waals surface area (Å²) in [5.74, 6) is -6.51. The van der Waals surface area contributed by atoms with E-state index in [1.165, 1.54) is 40.0 Å². The molecule has 3 aromatic rings. The Kier molecular flexibility index (Phi) is 8.58. The minimum Gasteiger partial charge on any atom is -0.507 e. The first-order chi connectivity index (χ1) is 23.5. The molecule has 0 saturated carbocycles. The van der Waals surface area contributed by atoms with Gasteiger partial charge in [0.25, 0.3) is 5.91 Å². The van der Waals surface area contributed by atoms with Crippen LogP contribution in [-0.4, -0.2) is 108 Å². The van der Waals surface area contributed by atoms with Crippen LogP contribution < -0.4 is 10.1 Å². The van der Waals surface area contributed by atoms with E-state index in [0.29, 0.717) is 0 Å². The molecule has 8 atom stereocenters. The van der Waals surface area contributed by atoms with Crippen molar-refractivity contribution in [1.82, 2.24) is 5.32 Å². The Bertz CT molecular complexity index is 1990. The number of benzene rings is 3. The molecular formula is C34H33NO15. The summed E-state index contributed by atoms with van der Waals surface area (Å²) in [6.45, 7) is 3.97. The first-order valence-corrected chi connectivity index (χ1v) is 15.3. The highest BCUT2D eigenvalue weighted by atomic mass is 16.7. The summed E-state index contributed by atoms with van der Waals surface area (Å²) in [6, 6.07) is 3.27. The molecule has 6 unspecified atom stereocenters. The lowest BCUT2D eigenvalue weighted by Crippen LogP contribution is -2.57. The number of aliphatic carboxylic acids is 1. The fraction of sp³-hybridized carbons (Fsp3) is 0.353. The van der Waals surface area contributed by atoms with Crippen molar-refractivity contribution in [3.63, 3.8) is 0 Å². The number of ether oxygens (including phenoxy) is 3. The molecule has 1 aliphatic heterocycles. The van der Waals surface area contributed by atoms with Gasteiger partial charge in [-0.2, -0.15) is 0 Å². The quantitative estimate of drug-likeness (QED) is 0.134. The summed E-state index contributed by atoms with van der Waals surface area (Å²) < 4.78 is 16.7. The van der Waals surface area contributed by atoms with Crippen LogP contribution in [0.5, 0.6) is 23.0 Å². The molecule has 2 aliphatic carbocycles. The lowest BCUT2D eigenvalue weighted by atomic mass is 9.74. The van der Waals surface area contributed by atoms with Gasteiger partial charge in [-0.05, 0) is 49.6 Å². The third kappa shape index (κ3) is 5.15. The number of rotatable bonds is 6. The van der Waals surface area contributed by atoms with Crippen LogP contribution in [0.1, 0.15) is 84.9 Å². The molecule has 6 rings (SSSR count). The van der Waals surface area contributed by atoms with E-state index < -0.39 is 112 Å². The molecular weight excluding hydrogens is 662 g/mol. The monoisotopic (exact) mass is 695 g/mol. The predicted octanol–water partition coefficient (Wildman–Crippen LogP) is 0.698. The highest BCUT2D eigenvalue weighted by molar-refractivity contribution is 6.31. The standard InChI is InChI=1S/C34H33NO15/c1-9-5-13-20(27(41)18(9)32(45)35-10(2)33(46)47)21-16(31(26(13)40)50-34-30(44)29(43)23(37)11(3)49-34)8-15-22(28(21)42)25(39)14-6-12(48-4)7-17(36)19(14)24(15)38/h5-8,10-11,23,26,29-31,34,36-37,40-44H,1-4H3,(H,35,45)(H,46,47)/t10?,11?,23?,26-,29?,30?,31-,34?/m0/s1. The molecule has 3 aliphatic rings. The number of hydrogen-bond acceptors (Lipinski definition) is 14. The number of nitrogens with one attached hydrogen (secondary N) is 1. The van der Waals surface area contributed by atoms with Crippen LogP contribution in [0.25, 0.3) is 11.1 Å². The molecule has 0 bridgehead atoms. The number of aryl methyl sites for hydroxylation is 1. The van der Waals surface area contributed by atoms with Gasteiger partial charge in [-0.15, -0.1) is 0 Å². The SMILES string of the molecule is COc1cc(O)c2c(c1)C(=O)c1c(cc3c(c1O)-c1c(cc(C)c(C(=O)NC(C)C(=O)O)c1O)[C@H](O)[C@H]3OC1OC(C)C(O)C(O)C1O)C2=O. The normalized spacial score (nSPS) is 25.9. The number of phenolic OH excluding ortho intramolecular Hbond substituents is 3. The van der Waals surface area contributed by atoms with Crippen molar-refractivity contribution in [2.75, 3.05) is 7.11 Å². The number of amides is 1. The summed E-state index contributed by atoms with van der Waals surface area (Å²) in [4.78, 5) is 52.5. The van der Waals surface area contributed by atoms with E-state index >= 15 is 0 Å². The number of carbonyl (C=O) groups is 4. The molecule has 0 aromatic heterocycles. The van der Waals surface area contributed by atoms with Gasteiger partial charge in [0, 0.05) is 28.3 Å². The lowest BCUT2D eigenvalue weighted by molar-refractivity contribution is -0.312. The number of carboxylic acids is 1. The van der Waals surface area contributed by atoms with Crippen molar-refractivity contribution in [2.24, 2.45) is 0 Å². The summed E-state index contributed by atoms with van der Waals surface area (Å²) in [6.07, 6.45) is -11.4. The predicted molar refractivity (Wildman–Crippen MR) is 167 cm³/mol. The zero-order valence-electron chi connectivity index (χ0n) is 26.9. The Balaban J connectivity index is 1.61. The molecule has 1 amide bonds. The van der Waals surface area contributed by atoms with Crippen LogP contribution >= 0.6 is 0 Å². The van der Waals surface area contributed by atoms with Crippen LogP contribution in [-0.2, 0) is 14.3 Å². The number of ketones is 2. The van der Waals surface area contributed by atoms with E-state index in [2.05, 4.69) is 5.32 Å². The number of aliphatic hydroxyl groups is 4. The second-order valence-electron chi connectivity index (χ2n) is 12.4. The van der Waals surface area contributed by atoms with Gasteiger partial charge < -0.3 is 60.4 Å². The largest absolute Gasteiger partial charge is 0.507 e. The van der Waals surface area contributed by atoms with Crippen molar-refractivity contribution in [3.05, 3.63) is 68.8 Å². The second kappa shape index (κ2) is 12.3. The van der Waals surface area contributed by atoms with Gasteiger partial charge in [-0.25, -0.2) is 0 Å². The molecule has 1 saturated heterocycles. The number of phenols is 3. The van der Waals surface area contributed by atoms with Crippen LogP contribution in [0.15, 0.2) is 24.3 Å². The van der Waals surface area contributed by atoms with E-state index in [9.17, 15) is 60.0 Å². The van der Waals surface area contributed by atoms with Gasteiger partial charge >= 0.3 is 5.97 Å². The van der Waals surface area contributed by atoms with Crippen LogP contribution in [0.2, 0.25) is 0 Å². The van der Waals surface area contributed by atoms with Crippen molar-refractivity contribution >= 4 is 23.4 Å². The lowest BCUT2D eigenvalue weighted by Gasteiger charge is -2.42. The number of fused-ring (bicyclic) bond motifs is 5. The van der Waals surface area contributed by atoms with E-state index in [-0.39, 0.29) is 39.1 Å². The van der Waals surface area contributed by atoms with Crippen molar-refractivity contribution < 1.29 is 74.2 Å². The Morgan fingerprint density at radius 1 is 0.840 bits per heavy atom. The minimum absolute atomic E-state index is 0.0252. The third-order valence-corrected chi connectivity index (χ3v) is 9.33. The first kappa shape index (κ1) is 34.8. The van der Waals surface area contributed by atoms with Crippen molar-refractivity contribution in [1.29, 1.82) is 0 Å². The van der Waals surface area contributed by atoms with Crippen LogP contribution in [0.3, 0.4) is 0 Å². The maximum atomic E-state index is 14.0. The highest BCUT2D eigenvalue weighted by Crippen LogP contribution is 2.57. The zero-order valence-corrected chi connectivity index (χ0v) is 26.9. The number of methoxy groups -OCH3 is 1. The number of hydrogen-bond donors (Lipinski definition) is 9. The van der Waals surface area contributed by atoms with E-state index in [0.717, 1.165) is 12.1 Å². The molecule has 3 aromatic carbocycles. The average molecular weight is 696 g/mol. The summed E-state index contributed by atoms with van der Waals surface area (Å²) in [5, 5.41) is 89.0. The Morgan fingerprint density at radius 2 is 1.46 bits per heavy atom. The number of carbonyl (C=O) groups excluding carboxylic acids is 3. The van der Waals surface area contributed by atoms with Gasteiger partial charge in [-0.3, -0.25) is 19.2 Å². The minimum atomic E-state index is -1.86. The molecule has 16 nitrogen and oxygen atoms in total. The van der Waals surface area contributed by atoms with Crippen molar-refractivity contribution in [2.45, 2.75) is 69.7 Å². The molecule has 9 N–H and O–H groups in total. The number of aliphatic hydroxyl groups excluding tert-OH is 4. The topological polar surface area (TPSA) is 270 Å². The summed E-state index contributed by atoms with van der Waals surface area (Å²) >= 11 is 0. The average Bonchev–Trinajstić information content (AvgIpc) is 3.06. The Hall–Kier alpha value is -5.10. The van der Waals surface area contributed by atoms with Gasteiger partial charge in [0.15, 0.2) is 17.9 Å². The van der Waals surface area contributed by atoms with Gasteiger partial charge in [0.2, 0.25) is 0 Å². The number of aromatic hydroxyl groups is 3. The molecule has 1 fully saturated rings. The van der Waals surface area contributed by atoms with E-state index in [1.807, 2.05) is 0 Å². The van der Waals surface area contributed by atoms with E-state index in [1.54, 1.807) is 0 Å². The Labute approximate surface area is 282 Å². The van der Waals surface area contributed by atoms with Crippen molar-refractivity contribution in [3.8, 4) is 34.1 Å². The molecule has 264 valence electrons. The maximum absolute atomic E-state index is 14.0. The highest BCUT2D eigenvalue weighted by Gasteiger charge is 2.48. The van der Waals surface area contributed by atoms with Crippen LogP contribution in [0, 0.1) is 6.92 Å². The third-order valence-electron chi connectivity index (χ3n) is 9.33. The van der Waals surface area contributed by atoms with Gasteiger partial charge in [-0.1, -0.05) is 6.07 Å². The molecule has 1 heterocycles. The first-order valence-electron chi connectivity index (χ1n) is 15.3. The fourth-order valence-electron chi connectivity index (χ4n) is 6.68. The molecule has 0 radical (unpaired) electrons. The molecule has 0 spiro atoms. The zero-order chi connectivity index (χ0) is 36.7. The smallest absolute Gasteiger partial charge is 0.325 e. The fourth-order valence-corrected chi connectivity index (χ4v) is 6.68. The molecule has 16 heteroatoms. The van der Waals surface area contributed by atoms with E-state index in [4.69, 9.17) is 14.2 Å². The Morgan fingerprint density at radius 3 is 2.10 bits per heavy atom.